The number of amides is 1. The lowest BCUT2D eigenvalue weighted by Crippen LogP contribution is -2.31. The Morgan fingerprint density at radius 3 is 2.66 bits per heavy atom. The molecule has 0 spiro atoms. The Morgan fingerprint density at radius 1 is 1.19 bits per heavy atom. The van der Waals surface area contributed by atoms with E-state index in [9.17, 15) is 13.2 Å². The summed E-state index contributed by atoms with van der Waals surface area (Å²) >= 11 is 7.58. The molecule has 0 aliphatic heterocycles. The number of fused-ring (bicyclic) bond motifs is 1. The molecule has 0 N–H and O–H groups in total. The molecule has 0 saturated carbocycles. The van der Waals surface area contributed by atoms with Gasteiger partial charge in [-0.1, -0.05) is 42.0 Å². The summed E-state index contributed by atoms with van der Waals surface area (Å²) in [6, 6.07) is 13.0. The van der Waals surface area contributed by atoms with Crippen LogP contribution in [0.15, 0.2) is 64.1 Å². The fourth-order valence-corrected chi connectivity index (χ4v) is 5.56. The van der Waals surface area contributed by atoms with Crippen molar-refractivity contribution in [1.29, 1.82) is 0 Å². The van der Waals surface area contributed by atoms with E-state index in [1.165, 1.54) is 41.7 Å². The molecule has 0 atom stereocenters. The molecule has 0 saturated heterocycles. The molecule has 0 bridgehead atoms. The molecule has 1 amide bonds. The van der Waals surface area contributed by atoms with Crippen molar-refractivity contribution < 1.29 is 22.4 Å². The van der Waals surface area contributed by atoms with Crippen LogP contribution in [-0.4, -0.2) is 32.2 Å². The van der Waals surface area contributed by atoms with E-state index >= 15 is 0 Å². The number of carbonyl (C=O) groups excluding carboxylic acids is 1. The van der Waals surface area contributed by atoms with E-state index in [1.54, 1.807) is 43.3 Å². The summed E-state index contributed by atoms with van der Waals surface area (Å²) in [7, 11) is -2.10. The molecular weight excluding hydrogens is 472 g/mol. The van der Waals surface area contributed by atoms with Gasteiger partial charge in [-0.15, -0.1) is 0 Å². The van der Waals surface area contributed by atoms with Crippen molar-refractivity contribution in [2.75, 3.05) is 17.8 Å². The van der Waals surface area contributed by atoms with Crippen molar-refractivity contribution in [1.82, 2.24) is 4.98 Å². The molecule has 0 radical (unpaired) electrons. The summed E-state index contributed by atoms with van der Waals surface area (Å²) in [4.78, 5) is 19.7. The number of furan rings is 1. The number of hydrogen-bond donors (Lipinski definition) is 0. The van der Waals surface area contributed by atoms with Crippen LogP contribution in [0.25, 0.3) is 10.2 Å². The fourth-order valence-electron chi connectivity index (χ4n) is 3.22. The summed E-state index contributed by atoms with van der Waals surface area (Å²) in [5, 5.41) is 0.820. The van der Waals surface area contributed by atoms with Crippen molar-refractivity contribution in [2.24, 2.45) is 0 Å². The van der Waals surface area contributed by atoms with Gasteiger partial charge in [0, 0.05) is 0 Å². The van der Waals surface area contributed by atoms with Crippen molar-refractivity contribution in [3.05, 3.63) is 71.1 Å². The van der Waals surface area contributed by atoms with E-state index in [4.69, 9.17) is 20.8 Å². The highest BCUT2D eigenvalue weighted by atomic mass is 35.5. The predicted molar refractivity (Wildman–Crippen MR) is 125 cm³/mol. The molecule has 0 unspecified atom stereocenters. The van der Waals surface area contributed by atoms with Crippen LogP contribution in [-0.2, 0) is 16.4 Å². The highest BCUT2D eigenvalue weighted by molar-refractivity contribution is 7.91. The molecule has 0 fully saturated rings. The molecule has 4 aromatic rings. The lowest BCUT2D eigenvalue weighted by Gasteiger charge is -2.20. The minimum atomic E-state index is -3.62. The molecule has 10 heteroatoms. The number of benzene rings is 2. The topological polar surface area (TPSA) is 89.7 Å². The van der Waals surface area contributed by atoms with Gasteiger partial charge >= 0.3 is 0 Å². The van der Waals surface area contributed by atoms with Gasteiger partial charge in [0.05, 0.1) is 45.9 Å². The minimum absolute atomic E-state index is 0.0198. The minimum Gasteiger partial charge on any atom is -0.494 e. The van der Waals surface area contributed by atoms with Crippen LogP contribution < -0.4 is 9.64 Å². The van der Waals surface area contributed by atoms with Crippen LogP contribution in [0.3, 0.4) is 0 Å². The third kappa shape index (κ3) is 4.11. The Labute approximate surface area is 194 Å². The molecule has 32 heavy (non-hydrogen) atoms. The Balaban J connectivity index is 1.88. The number of halogens is 1. The number of methoxy groups -OCH3 is 1. The van der Waals surface area contributed by atoms with Crippen LogP contribution in [0.1, 0.15) is 23.0 Å². The first-order valence-corrected chi connectivity index (χ1v) is 12.5. The molecule has 0 aliphatic rings. The van der Waals surface area contributed by atoms with Gasteiger partial charge in [-0.3, -0.25) is 9.69 Å². The van der Waals surface area contributed by atoms with E-state index in [-0.39, 0.29) is 22.8 Å². The standard InChI is InChI=1S/C22H19ClN2O5S2/c1-3-32(27,28)18-9-5-4-8-15(18)21(26)25(13-14-7-6-12-30-14)22-24-19-17(29-2)11-10-16(23)20(19)31-22/h4-12H,3,13H2,1-2H3. The number of hydrogen-bond acceptors (Lipinski definition) is 7. The molecule has 166 valence electrons. The van der Waals surface area contributed by atoms with Crippen molar-refractivity contribution >= 4 is 54.0 Å². The lowest BCUT2D eigenvalue weighted by atomic mass is 10.2. The SMILES string of the molecule is CCS(=O)(=O)c1ccccc1C(=O)N(Cc1ccco1)c1nc2c(OC)ccc(Cl)c2s1. The van der Waals surface area contributed by atoms with Crippen LogP contribution in [0.4, 0.5) is 5.13 Å². The zero-order valence-corrected chi connectivity index (χ0v) is 19.6. The summed E-state index contributed by atoms with van der Waals surface area (Å²) in [6.45, 7) is 1.60. The van der Waals surface area contributed by atoms with E-state index < -0.39 is 15.7 Å². The van der Waals surface area contributed by atoms with Crippen LogP contribution in [0.2, 0.25) is 5.02 Å². The molecule has 4 rings (SSSR count). The first kappa shape index (κ1) is 22.3. The highest BCUT2D eigenvalue weighted by Gasteiger charge is 2.28. The lowest BCUT2D eigenvalue weighted by molar-refractivity contribution is 0.0980. The summed E-state index contributed by atoms with van der Waals surface area (Å²) in [5.74, 6) is 0.407. The molecule has 0 aliphatic carbocycles. The van der Waals surface area contributed by atoms with Crippen molar-refractivity contribution in [2.45, 2.75) is 18.4 Å². The van der Waals surface area contributed by atoms with Gasteiger partial charge in [0.2, 0.25) is 0 Å². The second-order valence-corrected chi connectivity index (χ2v) is 10.4. The molecule has 2 heterocycles. The number of ether oxygens (including phenoxy) is 1. The Morgan fingerprint density at radius 2 is 1.97 bits per heavy atom. The number of anilines is 1. The smallest absolute Gasteiger partial charge is 0.261 e. The Hall–Kier alpha value is -2.88. The largest absolute Gasteiger partial charge is 0.494 e. The van der Waals surface area contributed by atoms with Crippen LogP contribution >= 0.6 is 22.9 Å². The van der Waals surface area contributed by atoms with E-state index in [2.05, 4.69) is 4.98 Å². The Kier molecular flexibility index (Phi) is 6.23. The second-order valence-electron chi connectivity index (χ2n) is 6.79. The van der Waals surface area contributed by atoms with Gasteiger partial charge < -0.3 is 9.15 Å². The van der Waals surface area contributed by atoms with E-state index in [1.807, 2.05) is 0 Å². The van der Waals surface area contributed by atoms with Crippen molar-refractivity contribution in [3.63, 3.8) is 0 Å². The summed E-state index contributed by atoms with van der Waals surface area (Å²) in [5.41, 5.74) is 0.588. The normalized spacial score (nSPS) is 11.6. The number of aromatic nitrogens is 1. The van der Waals surface area contributed by atoms with E-state index in [0.717, 1.165) is 0 Å². The van der Waals surface area contributed by atoms with Gasteiger partial charge in [0.15, 0.2) is 15.0 Å². The molecule has 2 aromatic heterocycles. The maximum absolute atomic E-state index is 13.7. The maximum atomic E-state index is 13.7. The van der Waals surface area contributed by atoms with Gasteiger partial charge in [-0.05, 0) is 36.4 Å². The summed E-state index contributed by atoms with van der Waals surface area (Å²) < 4.78 is 36.8. The number of rotatable bonds is 7. The zero-order chi connectivity index (χ0) is 22.9. The first-order valence-electron chi connectivity index (χ1n) is 9.64. The predicted octanol–water partition coefficient (Wildman–Crippen LogP) is 5.19. The maximum Gasteiger partial charge on any atom is 0.261 e. The van der Waals surface area contributed by atoms with Crippen LogP contribution in [0.5, 0.6) is 5.75 Å². The average molecular weight is 491 g/mol. The van der Waals surface area contributed by atoms with Crippen molar-refractivity contribution in [3.8, 4) is 5.75 Å². The van der Waals surface area contributed by atoms with Gasteiger partial charge in [-0.25, -0.2) is 13.4 Å². The van der Waals surface area contributed by atoms with Crippen LogP contribution in [0, 0.1) is 0 Å². The number of carbonyl (C=O) groups is 1. The quantitative estimate of drug-likeness (QED) is 0.354. The van der Waals surface area contributed by atoms with Gasteiger partial charge in [-0.2, -0.15) is 0 Å². The molecular formula is C22H19ClN2O5S2. The monoisotopic (exact) mass is 490 g/mol. The average Bonchev–Trinajstić information content (AvgIpc) is 3.48. The summed E-state index contributed by atoms with van der Waals surface area (Å²) in [6.07, 6.45) is 1.51. The Bertz CT molecular complexity index is 1380. The third-order valence-electron chi connectivity index (χ3n) is 4.87. The fraction of sp³-hybridized carbons (Fsp3) is 0.182. The number of thiazole rings is 1. The number of sulfone groups is 1. The van der Waals surface area contributed by atoms with E-state index in [0.29, 0.717) is 31.9 Å². The van der Waals surface area contributed by atoms with Gasteiger partial charge in [0.1, 0.15) is 17.0 Å². The first-order chi connectivity index (χ1) is 15.4. The highest BCUT2D eigenvalue weighted by Crippen LogP contribution is 2.39. The van der Waals surface area contributed by atoms with Gasteiger partial charge in [0.25, 0.3) is 5.91 Å². The second kappa shape index (κ2) is 8.93. The third-order valence-corrected chi connectivity index (χ3v) is 8.19. The molecule has 2 aromatic carbocycles. The number of nitrogens with zero attached hydrogens (tertiary/aromatic N) is 2. The molecule has 7 nitrogen and oxygen atoms in total. The zero-order valence-electron chi connectivity index (χ0n) is 17.2.